The first kappa shape index (κ1) is 22.4. The number of hydrogen-bond donors (Lipinski definition) is 1. The molecule has 0 saturated heterocycles. The van der Waals surface area contributed by atoms with Gasteiger partial charge in [0.1, 0.15) is 0 Å². The Morgan fingerprint density at radius 3 is 2.11 bits per heavy atom. The van der Waals surface area contributed by atoms with E-state index >= 15 is 0 Å². The molecule has 0 aliphatic heterocycles. The van der Waals surface area contributed by atoms with Crippen molar-refractivity contribution in [3.63, 3.8) is 0 Å². The summed E-state index contributed by atoms with van der Waals surface area (Å²) in [7, 11) is -3.86. The Balaban J connectivity index is 1.76. The Morgan fingerprint density at radius 1 is 0.929 bits per heavy atom. The van der Waals surface area contributed by atoms with Crippen LogP contribution in [0.2, 0.25) is 5.02 Å². The minimum Gasteiger partial charge on any atom is -0.480 e. The molecule has 0 heterocycles. The average Bonchev–Trinajstić information content (AvgIpc) is 2.65. The van der Waals surface area contributed by atoms with Crippen LogP contribution >= 0.6 is 11.6 Å². The predicted octanol–water partition coefficient (Wildman–Crippen LogP) is 5.46. The minimum absolute atomic E-state index is 0.0773. The van der Waals surface area contributed by atoms with Crippen LogP contribution in [0.15, 0.2) is 53.4 Å². The molecule has 0 amide bonds. The molecule has 2 aromatic rings. The average molecular weight is 423 g/mol. The van der Waals surface area contributed by atoms with Gasteiger partial charge in [0.05, 0.1) is 4.90 Å². The number of carboxylic acid groups (broad SMARTS) is 1. The molecule has 0 fully saturated rings. The molecule has 0 saturated carbocycles. The molecule has 2 aromatic carbocycles. The Hall–Kier alpha value is -1.85. The number of carboxylic acids is 1. The molecular weight excluding hydrogens is 396 g/mol. The first-order chi connectivity index (χ1) is 13.3. The van der Waals surface area contributed by atoms with Crippen molar-refractivity contribution in [2.45, 2.75) is 62.0 Å². The molecule has 28 heavy (non-hydrogen) atoms. The summed E-state index contributed by atoms with van der Waals surface area (Å²) in [6.45, 7) is 1.86. The lowest BCUT2D eigenvalue weighted by molar-refractivity contribution is -0.136. The standard InChI is InChI=1S/C22H27ClO4S/c1-17-9-15-20(16-10-17)28(26,27)21(22(24)25)8-6-4-2-3-5-7-18-11-13-19(23)14-12-18/h9-16,21H,2-8H2,1H3,(H,24,25). The van der Waals surface area contributed by atoms with Crippen LogP contribution in [-0.4, -0.2) is 24.7 Å². The molecule has 0 bridgehead atoms. The van der Waals surface area contributed by atoms with Crippen molar-refractivity contribution in [3.8, 4) is 0 Å². The molecule has 1 atom stereocenters. The van der Waals surface area contributed by atoms with Crippen LogP contribution in [0.25, 0.3) is 0 Å². The van der Waals surface area contributed by atoms with Crippen molar-refractivity contribution in [1.82, 2.24) is 0 Å². The minimum atomic E-state index is -3.86. The maximum atomic E-state index is 12.6. The highest BCUT2D eigenvalue weighted by Crippen LogP contribution is 2.22. The molecule has 0 aliphatic carbocycles. The summed E-state index contributed by atoms with van der Waals surface area (Å²) in [4.78, 5) is 11.6. The van der Waals surface area contributed by atoms with E-state index in [1.54, 1.807) is 12.1 Å². The van der Waals surface area contributed by atoms with E-state index in [9.17, 15) is 18.3 Å². The number of unbranched alkanes of at least 4 members (excludes halogenated alkanes) is 4. The van der Waals surface area contributed by atoms with E-state index in [0.717, 1.165) is 42.7 Å². The van der Waals surface area contributed by atoms with E-state index in [1.807, 2.05) is 31.2 Å². The monoisotopic (exact) mass is 422 g/mol. The fraction of sp³-hybridized carbons (Fsp3) is 0.409. The van der Waals surface area contributed by atoms with Crippen molar-refractivity contribution in [2.75, 3.05) is 0 Å². The number of halogens is 1. The fourth-order valence-corrected chi connectivity index (χ4v) is 4.86. The van der Waals surface area contributed by atoms with Gasteiger partial charge in [0.25, 0.3) is 0 Å². The molecule has 2 rings (SSSR count). The van der Waals surface area contributed by atoms with Gasteiger partial charge in [-0.2, -0.15) is 0 Å². The van der Waals surface area contributed by atoms with Gasteiger partial charge in [-0.1, -0.05) is 67.1 Å². The Kier molecular flexibility index (Phi) is 8.52. The van der Waals surface area contributed by atoms with Crippen LogP contribution in [0.1, 0.15) is 49.7 Å². The molecule has 1 N–H and O–H groups in total. The third kappa shape index (κ3) is 6.64. The zero-order valence-corrected chi connectivity index (χ0v) is 17.7. The summed E-state index contributed by atoms with van der Waals surface area (Å²) in [5, 5.41) is 8.77. The third-order valence-corrected chi connectivity index (χ3v) is 7.21. The smallest absolute Gasteiger partial charge is 0.322 e. The number of aliphatic carboxylic acids is 1. The molecule has 0 spiro atoms. The van der Waals surface area contributed by atoms with Gasteiger partial charge in [0.2, 0.25) is 0 Å². The molecular formula is C22H27ClO4S. The first-order valence-electron chi connectivity index (χ1n) is 9.58. The van der Waals surface area contributed by atoms with Gasteiger partial charge in [0, 0.05) is 5.02 Å². The number of sulfone groups is 1. The number of carbonyl (C=O) groups is 1. The summed E-state index contributed by atoms with van der Waals surface area (Å²) in [6.07, 6.45) is 5.58. The van der Waals surface area contributed by atoms with E-state index < -0.39 is 21.1 Å². The number of aryl methyl sites for hydroxylation is 2. The molecule has 1 unspecified atom stereocenters. The second-order valence-corrected chi connectivity index (χ2v) is 9.68. The highest BCUT2D eigenvalue weighted by Gasteiger charge is 2.33. The Bertz CT molecular complexity index is 858. The van der Waals surface area contributed by atoms with Crippen molar-refractivity contribution < 1.29 is 18.3 Å². The van der Waals surface area contributed by atoms with Crippen molar-refractivity contribution >= 4 is 27.4 Å². The van der Waals surface area contributed by atoms with Gasteiger partial charge in [-0.3, -0.25) is 4.79 Å². The maximum Gasteiger partial charge on any atom is 0.322 e. The SMILES string of the molecule is Cc1ccc(S(=O)(=O)C(CCCCCCCc2ccc(Cl)cc2)C(=O)O)cc1. The second-order valence-electron chi connectivity index (χ2n) is 7.12. The van der Waals surface area contributed by atoms with E-state index in [1.165, 1.54) is 17.7 Å². The van der Waals surface area contributed by atoms with E-state index in [4.69, 9.17) is 11.6 Å². The van der Waals surface area contributed by atoms with Crippen LogP contribution in [0.3, 0.4) is 0 Å². The summed E-state index contributed by atoms with van der Waals surface area (Å²) >= 11 is 5.87. The molecule has 6 heteroatoms. The molecule has 4 nitrogen and oxygen atoms in total. The highest BCUT2D eigenvalue weighted by atomic mass is 35.5. The second kappa shape index (κ2) is 10.6. The van der Waals surface area contributed by atoms with Gasteiger partial charge in [-0.15, -0.1) is 0 Å². The molecule has 152 valence electrons. The van der Waals surface area contributed by atoms with Crippen LogP contribution < -0.4 is 0 Å². The summed E-state index contributed by atoms with van der Waals surface area (Å²) in [5.41, 5.74) is 2.18. The highest BCUT2D eigenvalue weighted by molar-refractivity contribution is 7.92. The normalized spacial score (nSPS) is 12.6. The number of benzene rings is 2. The van der Waals surface area contributed by atoms with Gasteiger partial charge in [-0.25, -0.2) is 8.42 Å². The summed E-state index contributed by atoms with van der Waals surface area (Å²) < 4.78 is 25.3. The van der Waals surface area contributed by atoms with Crippen LogP contribution in [-0.2, 0) is 21.1 Å². The van der Waals surface area contributed by atoms with Crippen LogP contribution in [0.4, 0.5) is 0 Å². The van der Waals surface area contributed by atoms with Gasteiger partial charge < -0.3 is 5.11 Å². The third-order valence-electron chi connectivity index (χ3n) is 4.84. The van der Waals surface area contributed by atoms with E-state index in [2.05, 4.69) is 0 Å². The lowest BCUT2D eigenvalue weighted by Gasteiger charge is -2.14. The van der Waals surface area contributed by atoms with Gasteiger partial charge in [-0.05, 0) is 56.0 Å². The van der Waals surface area contributed by atoms with Gasteiger partial charge >= 0.3 is 5.97 Å². The van der Waals surface area contributed by atoms with E-state index in [0.29, 0.717) is 6.42 Å². The lowest BCUT2D eigenvalue weighted by atomic mass is 10.0. The first-order valence-corrected chi connectivity index (χ1v) is 11.5. The fourth-order valence-electron chi connectivity index (χ4n) is 3.14. The zero-order chi connectivity index (χ0) is 20.6. The van der Waals surface area contributed by atoms with Crippen molar-refractivity contribution in [3.05, 3.63) is 64.7 Å². The predicted molar refractivity (Wildman–Crippen MR) is 113 cm³/mol. The molecule has 0 aliphatic rings. The molecule has 0 aromatic heterocycles. The number of hydrogen-bond acceptors (Lipinski definition) is 3. The largest absolute Gasteiger partial charge is 0.480 e. The maximum absolute atomic E-state index is 12.6. The zero-order valence-electron chi connectivity index (χ0n) is 16.1. The quantitative estimate of drug-likeness (QED) is 0.488. The van der Waals surface area contributed by atoms with Gasteiger partial charge in [0.15, 0.2) is 15.1 Å². The van der Waals surface area contributed by atoms with Crippen LogP contribution in [0, 0.1) is 6.92 Å². The Labute approximate surface area is 172 Å². The van der Waals surface area contributed by atoms with Crippen LogP contribution in [0.5, 0.6) is 0 Å². The summed E-state index contributed by atoms with van der Waals surface area (Å²) in [5.74, 6) is -1.27. The van der Waals surface area contributed by atoms with Crippen molar-refractivity contribution in [1.29, 1.82) is 0 Å². The number of rotatable bonds is 11. The molecule has 0 radical (unpaired) electrons. The Morgan fingerprint density at radius 2 is 1.50 bits per heavy atom. The topological polar surface area (TPSA) is 71.4 Å². The lowest BCUT2D eigenvalue weighted by Crippen LogP contribution is -2.30. The van der Waals surface area contributed by atoms with E-state index in [-0.39, 0.29) is 11.3 Å². The summed E-state index contributed by atoms with van der Waals surface area (Å²) in [6, 6.07) is 14.2. The van der Waals surface area contributed by atoms with Crippen molar-refractivity contribution in [2.24, 2.45) is 0 Å².